The van der Waals surface area contributed by atoms with E-state index >= 15 is 0 Å². The molecule has 12 heavy (non-hydrogen) atoms. The molecule has 0 bridgehead atoms. The number of aliphatic hydroxyl groups excluding tert-OH is 1. The Kier molecular flexibility index (Phi) is 3.77. The molecule has 0 saturated carbocycles. The van der Waals surface area contributed by atoms with Crippen molar-refractivity contribution in [3.8, 4) is 0 Å². The van der Waals surface area contributed by atoms with Crippen LogP contribution in [0.4, 0.5) is 0 Å². The molecular weight excluding hydrogens is 150 g/mol. The molecule has 0 fully saturated rings. The van der Waals surface area contributed by atoms with Crippen LogP contribution in [0.2, 0.25) is 0 Å². The molecule has 0 spiro atoms. The minimum atomic E-state index is -0.335. The van der Waals surface area contributed by atoms with E-state index in [2.05, 4.69) is 5.32 Å². The van der Waals surface area contributed by atoms with Crippen molar-refractivity contribution in [2.45, 2.75) is 12.5 Å². The zero-order chi connectivity index (χ0) is 8.81. The van der Waals surface area contributed by atoms with Gasteiger partial charge in [0.15, 0.2) is 0 Å². The minimum absolute atomic E-state index is 0.335. The zero-order valence-electron chi connectivity index (χ0n) is 7.33. The Labute approximate surface area is 73.2 Å². The summed E-state index contributed by atoms with van der Waals surface area (Å²) < 4.78 is 0. The Morgan fingerprint density at radius 1 is 1.33 bits per heavy atom. The number of rotatable bonds is 4. The third kappa shape index (κ3) is 2.64. The lowest BCUT2D eigenvalue weighted by Gasteiger charge is -2.09. The Morgan fingerprint density at radius 3 is 2.58 bits per heavy atom. The second-order valence-electron chi connectivity index (χ2n) is 2.82. The fourth-order valence-electron chi connectivity index (χ4n) is 1.12. The second kappa shape index (κ2) is 4.91. The lowest BCUT2D eigenvalue weighted by molar-refractivity contribution is 0.168. The molecule has 0 amide bonds. The largest absolute Gasteiger partial charge is 0.388 e. The predicted molar refractivity (Wildman–Crippen MR) is 49.9 cm³/mol. The summed E-state index contributed by atoms with van der Waals surface area (Å²) in [5.74, 6) is 0. The molecule has 0 unspecified atom stereocenters. The molecule has 1 aromatic rings. The molecule has 1 aromatic carbocycles. The van der Waals surface area contributed by atoms with E-state index < -0.39 is 0 Å². The van der Waals surface area contributed by atoms with Gasteiger partial charge >= 0.3 is 0 Å². The second-order valence-corrected chi connectivity index (χ2v) is 2.82. The van der Waals surface area contributed by atoms with Gasteiger partial charge in [0.1, 0.15) is 0 Å². The van der Waals surface area contributed by atoms with Gasteiger partial charge in [-0.3, -0.25) is 0 Å². The van der Waals surface area contributed by atoms with Crippen molar-refractivity contribution >= 4 is 0 Å². The first-order chi connectivity index (χ1) is 5.84. The Morgan fingerprint density at radius 2 is 2.00 bits per heavy atom. The highest BCUT2D eigenvalue weighted by Crippen LogP contribution is 2.14. The normalized spacial score (nSPS) is 12.8. The summed E-state index contributed by atoms with van der Waals surface area (Å²) in [6.45, 7) is 0.843. The molecule has 66 valence electrons. The van der Waals surface area contributed by atoms with Crippen LogP contribution < -0.4 is 5.32 Å². The molecule has 0 radical (unpaired) electrons. The molecule has 0 aliphatic carbocycles. The standard InChI is InChI=1S/C10H15NO/c1-11-8-7-10(12)9-5-3-2-4-6-9/h2-6,10-12H,7-8H2,1H3/t10-/m0/s1. The van der Waals surface area contributed by atoms with E-state index in [4.69, 9.17) is 0 Å². The van der Waals surface area contributed by atoms with Gasteiger partial charge < -0.3 is 10.4 Å². The maximum absolute atomic E-state index is 9.61. The zero-order valence-corrected chi connectivity index (χ0v) is 7.33. The van der Waals surface area contributed by atoms with Crippen molar-refractivity contribution in [2.75, 3.05) is 13.6 Å². The molecule has 2 heteroatoms. The van der Waals surface area contributed by atoms with E-state index in [9.17, 15) is 5.11 Å². The van der Waals surface area contributed by atoms with Crippen LogP contribution in [0, 0.1) is 0 Å². The summed E-state index contributed by atoms with van der Waals surface area (Å²) in [6.07, 6.45) is 0.430. The summed E-state index contributed by atoms with van der Waals surface area (Å²) >= 11 is 0. The highest BCUT2D eigenvalue weighted by atomic mass is 16.3. The Bertz CT molecular complexity index is 210. The fraction of sp³-hybridized carbons (Fsp3) is 0.400. The van der Waals surface area contributed by atoms with Crippen LogP contribution in [-0.2, 0) is 0 Å². The van der Waals surface area contributed by atoms with Gasteiger partial charge in [-0.2, -0.15) is 0 Å². The molecule has 1 atom stereocenters. The molecule has 0 aliphatic rings. The van der Waals surface area contributed by atoms with E-state index in [-0.39, 0.29) is 6.10 Å². The van der Waals surface area contributed by atoms with Gasteiger partial charge in [0, 0.05) is 0 Å². The van der Waals surface area contributed by atoms with Crippen LogP contribution in [0.15, 0.2) is 30.3 Å². The van der Waals surface area contributed by atoms with Crippen LogP contribution in [0.5, 0.6) is 0 Å². The molecular formula is C10H15NO. The van der Waals surface area contributed by atoms with Crippen LogP contribution in [0.25, 0.3) is 0 Å². The van der Waals surface area contributed by atoms with Gasteiger partial charge in [-0.15, -0.1) is 0 Å². The van der Waals surface area contributed by atoms with Crippen molar-refractivity contribution in [3.63, 3.8) is 0 Å². The van der Waals surface area contributed by atoms with Gasteiger partial charge in [0.05, 0.1) is 6.10 Å². The monoisotopic (exact) mass is 165 g/mol. The molecule has 0 saturated heterocycles. The van der Waals surface area contributed by atoms with E-state index in [1.165, 1.54) is 0 Å². The molecule has 2 nitrogen and oxygen atoms in total. The predicted octanol–water partition coefficient (Wildman–Crippen LogP) is 1.33. The van der Waals surface area contributed by atoms with Crippen LogP contribution in [0.1, 0.15) is 18.1 Å². The molecule has 1 rings (SSSR count). The van der Waals surface area contributed by atoms with Crippen molar-refractivity contribution in [3.05, 3.63) is 35.9 Å². The highest BCUT2D eigenvalue weighted by Gasteiger charge is 2.04. The van der Waals surface area contributed by atoms with E-state index in [1.807, 2.05) is 37.4 Å². The maximum Gasteiger partial charge on any atom is 0.0802 e. The van der Waals surface area contributed by atoms with Gasteiger partial charge in [-0.25, -0.2) is 0 Å². The van der Waals surface area contributed by atoms with Crippen LogP contribution in [0.3, 0.4) is 0 Å². The number of hydrogen-bond donors (Lipinski definition) is 2. The van der Waals surface area contributed by atoms with Crippen molar-refractivity contribution in [1.82, 2.24) is 5.32 Å². The summed E-state index contributed by atoms with van der Waals surface area (Å²) in [6, 6.07) is 9.73. The molecule has 0 aliphatic heterocycles. The van der Waals surface area contributed by atoms with Gasteiger partial charge in [-0.05, 0) is 25.6 Å². The lowest BCUT2D eigenvalue weighted by Crippen LogP contribution is -2.11. The summed E-state index contributed by atoms with van der Waals surface area (Å²) in [5.41, 5.74) is 0.993. The third-order valence-corrected chi connectivity index (χ3v) is 1.85. The molecule has 0 aromatic heterocycles. The average molecular weight is 165 g/mol. The number of benzene rings is 1. The first kappa shape index (κ1) is 9.23. The van der Waals surface area contributed by atoms with Crippen molar-refractivity contribution in [2.24, 2.45) is 0 Å². The topological polar surface area (TPSA) is 32.3 Å². The van der Waals surface area contributed by atoms with E-state index in [0.29, 0.717) is 0 Å². The summed E-state index contributed by atoms with van der Waals surface area (Å²) in [4.78, 5) is 0. The minimum Gasteiger partial charge on any atom is -0.388 e. The van der Waals surface area contributed by atoms with Crippen molar-refractivity contribution in [1.29, 1.82) is 0 Å². The van der Waals surface area contributed by atoms with E-state index in [0.717, 1.165) is 18.5 Å². The van der Waals surface area contributed by atoms with Gasteiger partial charge in [0.2, 0.25) is 0 Å². The SMILES string of the molecule is CNCC[C@H](O)c1ccccc1. The Hall–Kier alpha value is -0.860. The molecule has 0 heterocycles. The van der Waals surface area contributed by atoms with Crippen molar-refractivity contribution < 1.29 is 5.11 Å². The first-order valence-electron chi connectivity index (χ1n) is 4.22. The van der Waals surface area contributed by atoms with E-state index in [1.54, 1.807) is 0 Å². The van der Waals surface area contributed by atoms with Gasteiger partial charge in [-0.1, -0.05) is 30.3 Å². The number of hydrogen-bond acceptors (Lipinski definition) is 2. The summed E-state index contributed by atoms with van der Waals surface area (Å²) in [5, 5.41) is 12.6. The Balaban J connectivity index is 2.48. The maximum atomic E-state index is 9.61. The smallest absolute Gasteiger partial charge is 0.0802 e. The number of nitrogens with one attached hydrogen (secondary N) is 1. The average Bonchev–Trinajstić information content (AvgIpc) is 2.15. The van der Waals surface area contributed by atoms with Crippen LogP contribution >= 0.6 is 0 Å². The van der Waals surface area contributed by atoms with Gasteiger partial charge in [0.25, 0.3) is 0 Å². The lowest BCUT2D eigenvalue weighted by atomic mass is 10.1. The third-order valence-electron chi connectivity index (χ3n) is 1.85. The highest BCUT2D eigenvalue weighted by molar-refractivity contribution is 5.17. The fourth-order valence-corrected chi connectivity index (χ4v) is 1.12. The summed E-state index contributed by atoms with van der Waals surface area (Å²) in [7, 11) is 1.89. The number of aliphatic hydroxyl groups is 1. The molecule has 2 N–H and O–H groups in total. The van der Waals surface area contributed by atoms with Crippen LogP contribution in [-0.4, -0.2) is 18.7 Å². The quantitative estimate of drug-likeness (QED) is 0.705. The first-order valence-corrected chi connectivity index (χ1v) is 4.22.